The van der Waals surface area contributed by atoms with E-state index in [1.807, 2.05) is 6.92 Å². The van der Waals surface area contributed by atoms with Gasteiger partial charge in [0, 0.05) is 12.2 Å². The third-order valence-corrected chi connectivity index (χ3v) is 6.50. The van der Waals surface area contributed by atoms with Crippen LogP contribution in [-0.2, 0) is 14.6 Å². The number of fused-ring (bicyclic) bond motifs is 1. The fourth-order valence-electron chi connectivity index (χ4n) is 1.73. The Morgan fingerprint density at radius 3 is 2.86 bits per heavy atom. The first kappa shape index (κ1) is 15.7. The van der Waals surface area contributed by atoms with E-state index in [2.05, 4.69) is 10.3 Å². The molecular formula is C13H17N3O3S2. The molecule has 3 N–H and O–H groups in total. The standard InChI is InChI=1S/C13H17N3O3S2/c1-3-6-15-12(17)8(2)21(18,19)13-16-10-5-4-9(14)7-11(10)20-13/h4-5,7-8H,3,6,14H2,1-2H3,(H,15,17). The molecule has 8 heteroatoms. The van der Waals surface area contributed by atoms with Crippen molar-refractivity contribution < 1.29 is 13.2 Å². The molecule has 0 aliphatic carbocycles. The molecule has 2 aromatic rings. The number of nitrogen functional groups attached to an aromatic ring is 1. The van der Waals surface area contributed by atoms with Crippen LogP contribution in [0.15, 0.2) is 22.5 Å². The van der Waals surface area contributed by atoms with E-state index in [9.17, 15) is 13.2 Å². The minimum absolute atomic E-state index is 0.0535. The van der Waals surface area contributed by atoms with Gasteiger partial charge in [-0.1, -0.05) is 6.92 Å². The maximum atomic E-state index is 12.4. The third-order valence-electron chi connectivity index (χ3n) is 3.02. The van der Waals surface area contributed by atoms with E-state index < -0.39 is 21.0 Å². The second kappa shape index (κ2) is 5.98. The lowest BCUT2D eigenvalue weighted by Crippen LogP contribution is -2.38. The number of aromatic nitrogens is 1. The van der Waals surface area contributed by atoms with Crippen LogP contribution in [0, 0.1) is 0 Å². The maximum Gasteiger partial charge on any atom is 0.238 e. The number of hydrogen-bond acceptors (Lipinski definition) is 6. The maximum absolute atomic E-state index is 12.4. The zero-order chi connectivity index (χ0) is 15.6. The Balaban J connectivity index is 2.34. The number of nitrogens with one attached hydrogen (secondary N) is 1. The molecule has 114 valence electrons. The topological polar surface area (TPSA) is 102 Å². The second-order valence-corrected chi connectivity index (χ2v) is 8.16. The molecule has 1 amide bonds. The van der Waals surface area contributed by atoms with E-state index in [4.69, 9.17) is 5.73 Å². The second-order valence-electron chi connectivity index (χ2n) is 4.69. The number of anilines is 1. The van der Waals surface area contributed by atoms with E-state index in [0.29, 0.717) is 22.4 Å². The first-order chi connectivity index (χ1) is 9.86. The summed E-state index contributed by atoms with van der Waals surface area (Å²) in [6, 6.07) is 5.01. The summed E-state index contributed by atoms with van der Waals surface area (Å²) in [5, 5.41) is 1.42. The van der Waals surface area contributed by atoms with Crippen molar-refractivity contribution in [3.8, 4) is 0 Å². The van der Waals surface area contributed by atoms with Crippen LogP contribution < -0.4 is 11.1 Å². The van der Waals surface area contributed by atoms with Crippen LogP contribution in [0.5, 0.6) is 0 Å². The fraction of sp³-hybridized carbons (Fsp3) is 0.385. The van der Waals surface area contributed by atoms with Gasteiger partial charge in [0.1, 0.15) is 5.25 Å². The Bertz CT molecular complexity index is 768. The van der Waals surface area contributed by atoms with Gasteiger partial charge < -0.3 is 11.1 Å². The Hall–Kier alpha value is -1.67. The molecule has 0 fully saturated rings. The van der Waals surface area contributed by atoms with E-state index in [0.717, 1.165) is 17.8 Å². The first-order valence-electron chi connectivity index (χ1n) is 6.54. The monoisotopic (exact) mass is 327 g/mol. The minimum atomic E-state index is -3.79. The number of carbonyl (C=O) groups is 1. The number of carbonyl (C=O) groups excluding carboxylic acids is 1. The van der Waals surface area contributed by atoms with Crippen molar-refractivity contribution in [1.82, 2.24) is 10.3 Å². The summed E-state index contributed by atoms with van der Waals surface area (Å²) in [5.74, 6) is -0.504. The van der Waals surface area contributed by atoms with Crippen molar-refractivity contribution in [1.29, 1.82) is 0 Å². The highest BCUT2D eigenvalue weighted by Crippen LogP contribution is 2.29. The summed E-state index contributed by atoms with van der Waals surface area (Å²) >= 11 is 1.03. The molecule has 1 heterocycles. The van der Waals surface area contributed by atoms with Crippen molar-refractivity contribution in [2.24, 2.45) is 0 Å². The average Bonchev–Trinajstić information content (AvgIpc) is 2.87. The molecule has 0 saturated carbocycles. The highest BCUT2D eigenvalue weighted by atomic mass is 32.2. The molecule has 0 aliphatic heterocycles. The third kappa shape index (κ3) is 3.16. The number of benzene rings is 1. The lowest BCUT2D eigenvalue weighted by atomic mass is 10.3. The first-order valence-corrected chi connectivity index (χ1v) is 8.90. The summed E-state index contributed by atoms with van der Waals surface area (Å²) in [4.78, 5) is 16.0. The van der Waals surface area contributed by atoms with Gasteiger partial charge in [-0.05, 0) is 31.5 Å². The molecule has 2 rings (SSSR count). The van der Waals surface area contributed by atoms with Crippen molar-refractivity contribution in [2.45, 2.75) is 29.9 Å². The molecule has 0 aliphatic rings. The van der Waals surface area contributed by atoms with Gasteiger partial charge in [-0.25, -0.2) is 13.4 Å². The summed E-state index contributed by atoms with van der Waals surface area (Å²) in [5.41, 5.74) is 6.78. The van der Waals surface area contributed by atoms with Crippen LogP contribution in [0.25, 0.3) is 10.2 Å². The van der Waals surface area contributed by atoms with Gasteiger partial charge in [-0.15, -0.1) is 11.3 Å². The summed E-state index contributed by atoms with van der Waals surface area (Å²) < 4.78 is 25.5. The normalized spacial score (nSPS) is 13.2. The quantitative estimate of drug-likeness (QED) is 0.812. The van der Waals surface area contributed by atoms with Crippen LogP contribution in [0.4, 0.5) is 5.69 Å². The summed E-state index contributed by atoms with van der Waals surface area (Å²) in [6.45, 7) is 3.73. The SMILES string of the molecule is CCCNC(=O)C(C)S(=O)(=O)c1nc2ccc(N)cc2s1. The zero-order valence-corrected chi connectivity index (χ0v) is 13.4. The lowest BCUT2D eigenvalue weighted by molar-refractivity contribution is -0.120. The predicted octanol–water partition coefficient (Wildman–Crippen LogP) is 1.57. The Kier molecular flexibility index (Phi) is 4.48. The predicted molar refractivity (Wildman–Crippen MR) is 84.0 cm³/mol. The molecule has 1 aromatic carbocycles. The molecule has 0 radical (unpaired) electrons. The van der Waals surface area contributed by atoms with Crippen molar-refractivity contribution in [2.75, 3.05) is 12.3 Å². The number of hydrogen-bond donors (Lipinski definition) is 2. The minimum Gasteiger partial charge on any atom is -0.399 e. The Labute approximate surface area is 127 Å². The molecule has 0 saturated heterocycles. The number of amides is 1. The van der Waals surface area contributed by atoms with E-state index in [-0.39, 0.29) is 4.34 Å². The smallest absolute Gasteiger partial charge is 0.238 e. The number of thiazole rings is 1. The summed E-state index contributed by atoms with van der Waals surface area (Å²) in [6.07, 6.45) is 0.749. The largest absolute Gasteiger partial charge is 0.399 e. The van der Waals surface area contributed by atoms with Crippen LogP contribution in [0.3, 0.4) is 0 Å². The molecule has 6 nitrogen and oxygen atoms in total. The van der Waals surface area contributed by atoms with Gasteiger partial charge in [-0.2, -0.15) is 0 Å². The van der Waals surface area contributed by atoms with E-state index >= 15 is 0 Å². The Morgan fingerprint density at radius 2 is 2.19 bits per heavy atom. The molecule has 1 unspecified atom stereocenters. The van der Waals surface area contributed by atoms with Crippen LogP contribution in [0.1, 0.15) is 20.3 Å². The van der Waals surface area contributed by atoms with Crippen molar-refractivity contribution in [3.63, 3.8) is 0 Å². The van der Waals surface area contributed by atoms with Gasteiger partial charge >= 0.3 is 0 Å². The van der Waals surface area contributed by atoms with Crippen molar-refractivity contribution in [3.05, 3.63) is 18.2 Å². The molecule has 1 atom stereocenters. The van der Waals surface area contributed by atoms with Gasteiger partial charge in [0.15, 0.2) is 0 Å². The van der Waals surface area contributed by atoms with Crippen LogP contribution in [0.2, 0.25) is 0 Å². The van der Waals surface area contributed by atoms with E-state index in [1.165, 1.54) is 6.92 Å². The van der Waals surface area contributed by atoms with Gasteiger partial charge in [0.2, 0.25) is 20.1 Å². The van der Waals surface area contributed by atoms with Crippen molar-refractivity contribution >= 4 is 43.0 Å². The van der Waals surface area contributed by atoms with Gasteiger partial charge in [0.25, 0.3) is 0 Å². The zero-order valence-electron chi connectivity index (χ0n) is 11.8. The highest BCUT2D eigenvalue weighted by molar-refractivity contribution is 7.94. The Morgan fingerprint density at radius 1 is 1.48 bits per heavy atom. The highest BCUT2D eigenvalue weighted by Gasteiger charge is 2.32. The number of nitrogens with two attached hydrogens (primary N) is 1. The molecule has 21 heavy (non-hydrogen) atoms. The number of sulfone groups is 1. The average molecular weight is 327 g/mol. The fourth-order valence-corrected chi connectivity index (χ4v) is 4.53. The molecular weight excluding hydrogens is 310 g/mol. The number of nitrogens with zero attached hydrogens (tertiary/aromatic N) is 1. The molecule has 0 bridgehead atoms. The number of rotatable bonds is 5. The van der Waals surface area contributed by atoms with Crippen LogP contribution >= 0.6 is 11.3 Å². The van der Waals surface area contributed by atoms with Crippen LogP contribution in [-0.4, -0.2) is 31.1 Å². The van der Waals surface area contributed by atoms with Gasteiger partial charge in [-0.3, -0.25) is 4.79 Å². The van der Waals surface area contributed by atoms with Gasteiger partial charge in [0.05, 0.1) is 10.2 Å². The molecule has 1 aromatic heterocycles. The lowest BCUT2D eigenvalue weighted by Gasteiger charge is -2.10. The molecule has 0 spiro atoms. The van der Waals surface area contributed by atoms with E-state index in [1.54, 1.807) is 18.2 Å². The summed E-state index contributed by atoms with van der Waals surface area (Å²) in [7, 11) is -3.79.